The highest BCUT2D eigenvalue weighted by Crippen LogP contribution is 2.25. The SMILES string of the molecule is O=C=NC(CCCl)[P+](=O)O. The third-order valence-corrected chi connectivity index (χ3v) is 1.93. The molecule has 1 N–H and O–H groups in total. The van der Waals surface area contributed by atoms with E-state index in [1.54, 1.807) is 0 Å². The van der Waals surface area contributed by atoms with E-state index in [0.29, 0.717) is 0 Å². The number of alkyl halides is 1. The summed E-state index contributed by atoms with van der Waals surface area (Å²) in [5.41, 5.74) is 0. The van der Waals surface area contributed by atoms with Gasteiger partial charge in [-0.2, -0.15) is 4.89 Å². The summed E-state index contributed by atoms with van der Waals surface area (Å²) in [6, 6.07) is 0. The van der Waals surface area contributed by atoms with Gasteiger partial charge in [0.25, 0.3) is 5.78 Å². The van der Waals surface area contributed by atoms with Gasteiger partial charge in [0.15, 0.2) is 0 Å². The van der Waals surface area contributed by atoms with E-state index >= 15 is 0 Å². The molecule has 0 spiro atoms. The van der Waals surface area contributed by atoms with Gasteiger partial charge in [-0.05, 0) is 4.57 Å². The van der Waals surface area contributed by atoms with Crippen LogP contribution in [-0.4, -0.2) is 22.6 Å². The number of nitrogens with zero attached hydrogens (tertiary/aromatic N) is 1. The van der Waals surface area contributed by atoms with E-state index in [1.165, 1.54) is 6.08 Å². The minimum absolute atomic E-state index is 0.206. The van der Waals surface area contributed by atoms with Crippen LogP contribution in [0.3, 0.4) is 0 Å². The van der Waals surface area contributed by atoms with Gasteiger partial charge >= 0.3 is 8.03 Å². The van der Waals surface area contributed by atoms with Crippen LogP contribution in [0.25, 0.3) is 0 Å². The molecule has 0 saturated heterocycles. The Morgan fingerprint density at radius 1 is 1.80 bits per heavy atom. The first-order valence-electron chi connectivity index (χ1n) is 2.50. The first-order chi connectivity index (χ1) is 4.72. The van der Waals surface area contributed by atoms with E-state index in [2.05, 4.69) is 4.99 Å². The summed E-state index contributed by atoms with van der Waals surface area (Å²) in [5.74, 6) is -0.678. The monoisotopic (exact) mass is 182 g/mol. The lowest BCUT2D eigenvalue weighted by atomic mass is 10.5. The summed E-state index contributed by atoms with van der Waals surface area (Å²) in [4.78, 5) is 21.2. The fraction of sp³-hybridized carbons (Fsp3) is 0.750. The molecule has 10 heavy (non-hydrogen) atoms. The molecule has 0 heterocycles. The molecular formula is C4H6ClNO3P+. The van der Waals surface area contributed by atoms with E-state index in [9.17, 15) is 9.36 Å². The Kier molecular flexibility index (Phi) is 5.36. The molecule has 56 valence electrons. The molecule has 0 fully saturated rings. The molecule has 0 aromatic rings. The van der Waals surface area contributed by atoms with Crippen molar-refractivity contribution in [2.45, 2.75) is 12.2 Å². The van der Waals surface area contributed by atoms with E-state index in [4.69, 9.17) is 16.5 Å². The van der Waals surface area contributed by atoms with Crippen molar-refractivity contribution in [3.8, 4) is 0 Å². The van der Waals surface area contributed by atoms with Crippen molar-refractivity contribution in [2.24, 2.45) is 4.99 Å². The second-order valence-corrected chi connectivity index (χ2v) is 3.06. The van der Waals surface area contributed by atoms with Crippen molar-refractivity contribution in [3.63, 3.8) is 0 Å². The minimum atomic E-state index is -2.44. The zero-order valence-corrected chi connectivity index (χ0v) is 6.68. The van der Waals surface area contributed by atoms with E-state index < -0.39 is 13.8 Å². The van der Waals surface area contributed by atoms with E-state index in [0.717, 1.165) is 0 Å². The predicted octanol–water partition coefficient (Wildman–Crippen LogP) is 1.01. The van der Waals surface area contributed by atoms with E-state index in [-0.39, 0.29) is 12.3 Å². The molecule has 6 heteroatoms. The molecule has 0 bridgehead atoms. The number of hydrogen-bond donors (Lipinski definition) is 1. The first-order valence-corrected chi connectivity index (χ1v) is 4.32. The molecule has 4 nitrogen and oxygen atoms in total. The van der Waals surface area contributed by atoms with Gasteiger partial charge < -0.3 is 0 Å². The molecule has 0 aliphatic rings. The summed E-state index contributed by atoms with van der Waals surface area (Å²) < 4.78 is 10.3. The van der Waals surface area contributed by atoms with Crippen molar-refractivity contribution in [1.29, 1.82) is 0 Å². The molecule has 0 radical (unpaired) electrons. The zero-order valence-electron chi connectivity index (χ0n) is 5.03. The van der Waals surface area contributed by atoms with Crippen LogP contribution in [0.1, 0.15) is 6.42 Å². The van der Waals surface area contributed by atoms with Crippen LogP contribution < -0.4 is 0 Å². The largest absolute Gasteiger partial charge is 0.533 e. The Hall–Kier alpha value is -0.270. The summed E-state index contributed by atoms with van der Waals surface area (Å²) in [7, 11) is -2.44. The predicted molar refractivity (Wildman–Crippen MR) is 37.1 cm³/mol. The Morgan fingerprint density at radius 2 is 2.40 bits per heavy atom. The van der Waals surface area contributed by atoms with Crippen molar-refractivity contribution in [2.75, 3.05) is 5.88 Å². The second kappa shape index (κ2) is 5.51. The molecule has 0 aromatic heterocycles. The fourth-order valence-electron chi connectivity index (χ4n) is 0.383. The number of aliphatic imine (C=N–C) groups is 1. The maximum absolute atomic E-state index is 10.3. The van der Waals surface area contributed by atoms with Gasteiger partial charge in [-0.3, -0.25) is 0 Å². The van der Waals surface area contributed by atoms with Crippen LogP contribution in [0.15, 0.2) is 4.99 Å². The summed E-state index contributed by atoms with van der Waals surface area (Å²) in [6.45, 7) is 0. The first kappa shape index (κ1) is 9.73. The Labute approximate surface area is 63.8 Å². The zero-order chi connectivity index (χ0) is 7.98. The van der Waals surface area contributed by atoms with Crippen LogP contribution >= 0.6 is 19.6 Å². The van der Waals surface area contributed by atoms with Crippen molar-refractivity contribution < 1.29 is 14.3 Å². The van der Waals surface area contributed by atoms with Crippen molar-refractivity contribution in [1.82, 2.24) is 0 Å². The highest BCUT2D eigenvalue weighted by Gasteiger charge is 2.27. The van der Waals surface area contributed by atoms with Gasteiger partial charge in [-0.15, -0.1) is 16.6 Å². The fourth-order valence-corrected chi connectivity index (χ4v) is 1.24. The van der Waals surface area contributed by atoms with Gasteiger partial charge in [-0.25, -0.2) is 4.79 Å². The lowest BCUT2D eigenvalue weighted by Gasteiger charge is -1.88. The van der Waals surface area contributed by atoms with Crippen LogP contribution in [0.5, 0.6) is 0 Å². The minimum Gasteiger partial charge on any atom is -0.211 e. The Balaban J connectivity index is 3.97. The Morgan fingerprint density at radius 3 is 2.70 bits per heavy atom. The normalized spacial score (nSPS) is 13.6. The molecule has 2 unspecified atom stereocenters. The lowest BCUT2D eigenvalue weighted by Crippen LogP contribution is -1.97. The van der Waals surface area contributed by atoms with Gasteiger partial charge in [-0.1, -0.05) is 0 Å². The highest BCUT2D eigenvalue weighted by atomic mass is 35.5. The Bertz CT molecular complexity index is 166. The molecular weight excluding hydrogens is 176 g/mol. The van der Waals surface area contributed by atoms with Gasteiger partial charge in [0, 0.05) is 12.3 Å². The smallest absolute Gasteiger partial charge is 0.211 e. The topological polar surface area (TPSA) is 66.7 Å². The van der Waals surface area contributed by atoms with Gasteiger partial charge in [0.1, 0.15) is 0 Å². The summed E-state index contributed by atoms with van der Waals surface area (Å²) >= 11 is 5.25. The maximum atomic E-state index is 10.3. The van der Waals surface area contributed by atoms with Gasteiger partial charge in [0.05, 0.1) is 0 Å². The molecule has 0 saturated carbocycles. The number of carbonyl (C=O) groups excluding carboxylic acids is 1. The number of rotatable bonds is 4. The van der Waals surface area contributed by atoms with Crippen LogP contribution in [0, 0.1) is 0 Å². The number of hydrogen-bond acceptors (Lipinski definition) is 3. The quantitative estimate of drug-likeness (QED) is 0.305. The van der Waals surface area contributed by atoms with Crippen LogP contribution in [0.2, 0.25) is 0 Å². The summed E-state index contributed by atoms with van der Waals surface area (Å²) in [6.07, 6.45) is 1.43. The molecule has 2 atom stereocenters. The third-order valence-electron chi connectivity index (χ3n) is 0.824. The number of halogens is 1. The van der Waals surface area contributed by atoms with E-state index in [1.807, 2.05) is 0 Å². The van der Waals surface area contributed by atoms with Crippen molar-refractivity contribution >= 4 is 25.7 Å². The van der Waals surface area contributed by atoms with Crippen LogP contribution in [0.4, 0.5) is 0 Å². The lowest BCUT2D eigenvalue weighted by molar-refractivity contribution is 0.486. The molecule has 0 rings (SSSR count). The average molecular weight is 183 g/mol. The number of isocyanates is 1. The average Bonchev–Trinajstić information content (AvgIpc) is 1.87. The van der Waals surface area contributed by atoms with Crippen LogP contribution in [-0.2, 0) is 9.36 Å². The van der Waals surface area contributed by atoms with Crippen molar-refractivity contribution in [3.05, 3.63) is 0 Å². The highest BCUT2D eigenvalue weighted by molar-refractivity contribution is 7.38. The second-order valence-electron chi connectivity index (χ2n) is 1.48. The van der Waals surface area contributed by atoms with Gasteiger partial charge in [0.2, 0.25) is 6.08 Å². The summed E-state index contributed by atoms with van der Waals surface area (Å²) in [5, 5.41) is 0. The molecule has 0 aliphatic carbocycles. The molecule has 0 aliphatic heterocycles. The molecule has 0 aromatic carbocycles. The standard InChI is InChI=1S/C4H5ClNO3P/c5-2-1-4(6-3-7)10(8)9/h4H,1-2H2/p+1. The maximum Gasteiger partial charge on any atom is 0.533 e. The third kappa shape index (κ3) is 3.70. The molecule has 0 amide bonds.